The number of thioether (sulfide) groups is 1. The van der Waals surface area contributed by atoms with Crippen molar-refractivity contribution in [1.82, 2.24) is 24.8 Å². The molecule has 0 bridgehead atoms. The Morgan fingerprint density at radius 1 is 1.09 bits per heavy atom. The Kier molecular flexibility index (Phi) is 8.69. The van der Waals surface area contributed by atoms with Crippen LogP contribution < -0.4 is 20.2 Å². The molecule has 0 unspecified atom stereocenters. The fourth-order valence-electron chi connectivity index (χ4n) is 5.10. The maximum absolute atomic E-state index is 13.8. The van der Waals surface area contributed by atoms with E-state index in [4.69, 9.17) is 19.7 Å². The Morgan fingerprint density at radius 3 is 2.50 bits per heavy atom. The van der Waals surface area contributed by atoms with Crippen LogP contribution in [0.5, 0.6) is 11.5 Å². The lowest BCUT2D eigenvalue weighted by Crippen LogP contribution is -2.29. The minimum atomic E-state index is -3.88. The summed E-state index contributed by atoms with van der Waals surface area (Å²) in [6.45, 7) is 0. The summed E-state index contributed by atoms with van der Waals surface area (Å²) >= 11 is 4.50. The van der Waals surface area contributed by atoms with Crippen LogP contribution in [0.25, 0.3) is 16.7 Å². The largest absolute Gasteiger partial charge is 0.493 e. The van der Waals surface area contributed by atoms with Gasteiger partial charge >= 0.3 is 0 Å². The second kappa shape index (κ2) is 12.7. The summed E-state index contributed by atoms with van der Waals surface area (Å²) in [5.41, 5.74) is 2.60. The molecule has 3 aromatic carbocycles. The molecule has 46 heavy (non-hydrogen) atoms. The van der Waals surface area contributed by atoms with E-state index in [0.717, 1.165) is 33.1 Å². The fraction of sp³-hybridized carbons (Fsp3) is 0.167. The number of para-hydroxylation sites is 1. The molecule has 1 aliphatic heterocycles. The molecule has 1 aliphatic rings. The summed E-state index contributed by atoms with van der Waals surface area (Å²) in [4.78, 5) is 33.9. The van der Waals surface area contributed by atoms with Gasteiger partial charge in [0.1, 0.15) is 5.39 Å². The van der Waals surface area contributed by atoms with Crippen molar-refractivity contribution in [3.8, 4) is 17.2 Å². The van der Waals surface area contributed by atoms with Gasteiger partial charge in [0.05, 0.1) is 48.5 Å². The number of nitrogens with two attached hydrogens (primary N) is 1. The molecule has 0 saturated heterocycles. The molecule has 0 saturated carbocycles. The number of rotatable bonds is 9. The van der Waals surface area contributed by atoms with Crippen LogP contribution in [-0.2, 0) is 14.8 Å². The Balaban J connectivity index is 1.30. The van der Waals surface area contributed by atoms with Crippen LogP contribution in [0.15, 0.2) is 97.3 Å². The average molecular weight is 725 g/mol. The molecule has 1 atom stereocenters. The molecule has 16 heteroatoms. The van der Waals surface area contributed by atoms with Gasteiger partial charge in [-0.25, -0.2) is 28.2 Å². The number of amides is 1. The maximum atomic E-state index is 13.8. The molecule has 13 nitrogen and oxygen atoms in total. The third-order valence-electron chi connectivity index (χ3n) is 7.29. The lowest BCUT2D eigenvalue weighted by Gasteiger charge is -2.24. The highest BCUT2D eigenvalue weighted by molar-refractivity contribution is 9.10. The van der Waals surface area contributed by atoms with Gasteiger partial charge in [0.2, 0.25) is 10.0 Å². The smallest absolute Gasteiger partial charge is 0.262 e. The van der Waals surface area contributed by atoms with Crippen LogP contribution in [0, 0.1) is 0 Å². The van der Waals surface area contributed by atoms with Gasteiger partial charge in [0.15, 0.2) is 22.3 Å². The quantitative estimate of drug-likeness (QED) is 0.168. The third kappa shape index (κ3) is 6.16. The van der Waals surface area contributed by atoms with Crippen LogP contribution in [-0.4, -0.2) is 64.8 Å². The highest BCUT2D eigenvalue weighted by atomic mass is 79.9. The van der Waals surface area contributed by atoms with Crippen molar-refractivity contribution < 1.29 is 22.7 Å². The number of benzene rings is 3. The number of hydrogen-bond acceptors (Lipinski definition) is 10. The van der Waals surface area contributed by atoms with E-state index >= 15 is 0 Å². The maximum Gasteiger partial charge on any atom is 0.262 e. The number of aromatic amines is 1. The lowest BCUT2D eigenvalue weighted by molar-refractivity contribution is -0.130. The normalized spacial score (nSPS) is 14.8. The lowest BCUT2D eigenvalue weighted by atomic mass is 9.97. The van der Waals surface area contributed by atoms with Gasteiger partial charge in [-0.1, -0.05) is 52.0 Å². The van der Waals surface area contributed by atoms with E-state index in [9.17, 15) is 18.0 Å². The number of hydrogen-bond donors (Lipinski definition) is 2. The SMILES string of the molecule is COc1cccc([C@H]2CC(c3ccc(Br)cc3)=NN2C(=O)CSc2nc3c(cnn3-c3ccc(S(N)(=O)=O)cc3)c(=O)[nH]2)c1OC. The summed E-state index contributed by atoms with van der Waals surface area (Å²) in [6.07, 6.45) is 1.80. The molecular formula is C30H26BrN7O6S2. The van der Waals surface area contributed by atoms with E-state index in [1.54, 1.807) is 20.3 Å². The van der Waals surface area contributed by atoms with Gasteiger partial charge in [-0.05, 0) is 48.0 Å². The number of primary sulfonamides is 1. The molecule has 3 N–H and O–H groups in total. The fourth-order valence-corrected chi connectivity index (χ4v) is 6.59. The Bertz CT molecular complexity index is 2150. The Hall–Kier alpha value is -4.51. The van der Waals surface area contributed by atoms with Crippen LogP contribution >= 0.6 is 27.7 Å². The first-order valence-electron chi connectivity index (χ1n) is 13.7. The number of carbonyl (C=O) groups is 1. The monoisotopic (exact) mass is 723 g/mol. The van der Waals surface area contributed by atoms with Gasteiger partial charge in [-0.2, -0.15) is 10.2 Å². The number of methoxy groups -OCH3 is 2. The third-order valence-corrected chi connectivity index (χ3v) is 9.61. The van der Waals surface area contributed by atoms with E-state index in [2.05, 4.69) is 31.0 Å². The minimum Gasteiger partial charge on any atom is -0.493 e. The summed E-state index contributed by atoms with van der Waals surface area (Å²) < 4.78 is 36.8. The molecule has 0 fully saturated rings. The number of nitrogens with one attached hydrogen (secondary N) is 1. The zero-order valence-corrected chi connectivity index (χ0v) is 27.6. The van der Waals surface area contributed by atoms with Gasteiger partial charge in [0.25, 0.3) is 11.5 Å². The molecule has 5 aromatic rings. The summed E-state index contributed by atoms with van der Waals surface area (Å²) in [5, 5.41) is 16.1. The van der Waals surface area contributed by atoms with E-state index in [-0.39, 0.29) is 32.7 Å². The molecule has 6 rings (SSSR count). The minimum absolute atomic E-state index is 0.0639. The van der Waals surface area contributed by atoms with Crippen molar-refractivity contribution >= 4 is 60.4 Å². The first-order chi connectivity index (χ1) is 22.1. The molecule has 0 aliphatic carbocycles. The summed E-state index contributed by atoms with van der Waals surface area (Å²) in [5.74, 6) is 0.632. The first kappa shape index (κ1) is 31.5. The van der Waals surface area contributed by atoms with Crippen LogP contribution in [0.4, 0.5) is 0 Å². The average Bonchev–Trinajstić information content (AvgIpc) is 3.69. The van der Waals surface area contributed by atoms with Crippen LogP contribution in [0.1, 0.15) is 23.6 Å². The number of H-pyrrole nitrogens is 1. The van der Waals surface area contributed by atoms with Gasteiger partial charge in [-0.15, -0.1) is 0 Å². The highest BCUT2D eigenvalue weighted by Crippen LogP contribution is 2.42. The van der Waals surface area contributed by atoms with Crippen LogP contribution in [0.3, 0.4) is 0 Å². The molecule has 3 heterocycles. The standard InChI is InChI=1S/C30H26BrN7O6S2/c1-43-25-5-3-4-21(27(25)44-2)24-14-23(17-6-8-18(31)9-7-17)36-38(24)26(39)16-45-30-34-28-22(29(40)35-30)15-33-37(28)19-10-12-20(13-11-19)46(32,41)42/h3-13,15,24H,14,16H2,1-2H3,(H2,32,41,42)(H,34,35,40)/t24-/m1/s1. The number of ether oxygens (including phenoxy) is 2. The predicted molar refractivity (Wildman–Crippen MR) is 176 cm³/mol. The van der Waals surface area contributed by atoms with Crippen LogP contribution in [0.2, 0.25) is 0 Å². The molecule has 2 aromatic heterocycles. The number of aromatic nitrogens is 4. The van der Waals surface area contributed by atoms with E-state index in [1.807, 2.05) is 36.4 Å². The van der Waals surface area contributed by atoms with Crippen molar-refractivity contribution in [3.63, 3.8) is 0 Å². The summed E-state index contributed by atoms with van der Waals surface area (Å²) in [7, 11) is -0.782. The van der Waals surface area contributed by atoms with Crippen molar-refractivity contribution in [2.24, 2.45) is 10.2 Å². The second-order valence-corrected chi connectivity index (χ2v) is 13.5. The molecule has 236 valence electrons. The number of carbonyl (C=O) groups excluding carboxylic acids is 1. The Labute approximate surface area is 275 Å². The van der Waals surface area contributed by atoms with Crippen molar-refractivity contribution in [2.45, 2.75) is 22.5 Å². The summed E-state index contributed by atoms with van der Waals surface area (Å²) in [6, 6.07) is 18.4. The molecule has 0 spiro atoms. The number of nitrogens with zero attached hydrogens (tertiary/aromatic N) is 5. The van der Waals surface area contributed by atoms with E-state index < -0.39 is 21.6 Å². The van der Waals surface area contributed by atoms with Crippen molar-refractivity contribution in [1.29, 1.82) is 0 Å². The zero-order valence-electron chi connectivity index (χ0n) is 24.4. The molecule has 1 amide bonds. The highest BCUT2D eigenvalue weighted by Gasteiger charge is 2.35. The topological polar surface area (TPSA) is 175 Å². The van der Waals surface area contributed by atoms with Crippen molar-refractivity contribution in [3.05, 3.63) is 98.9 Å². The Morgan fingerprint density at radius 2 is 1.83 bits per heavy atom. The van der Waals surface area contributed by atoms with E-state index in [0.29, 0.717) is 23.6 Å². The predicted octanol–water partition coefficient (Wildman–Crippen LogP) is 4.01. The van der Waals surface area contributed by atoms with Gasteiger partial charge in [-0.3, -0.25) is 9.59 Å². The van der Waals surface area contributed by atoms with Crippen molar-refractivity contribution in [2.75, 3.05) is 20.0 Å². The first-order valence-corrected chi connectivity index (χ1v) is 17.0. The number of halogens is 1. The van der Waals surface area contributed by atoms with E-state index in [1.165, 1.54) is 40.2 Å². The number of sulfonamides is 1. The van der Waals surface area contributed by atoms with Gasteiger partial charge < -0.3 is 14.5 Å². The van der Waals surface area contributed by atoms with Gasteiger partial charge in [0, 0.05) is 16.5 Å². The number of hydrazone groups is 1. The zero-order chi connectivity index (χ0) is 32.6. The molecule has 0 radical (unpaired) electrons. The number of fused-ring (bicyclic) bond motifs is 1. The molecular weight excluding hydrogens is 698 g/mol. The second-order valence-electron chi connectivity index (χ2n) is 10.1.